The maximum atomic E-state index is 9.34. The van der Waals surface area contributed by atoms with Crippen molar-refractivity contribution >= 4 is 11.6 Å². The van der Waals surface area contributed by atoms with E-state index in [9.17, 15) is 5.11 Å². The molecule has 2 heterocycles. The van der Waals surface area contributed by atoms with Gasteiger partial charge >= 0.3 is 0 Å². The van der Waals surface area contributed by atoms with Crippen molar-refractivity contribution in [3.05, 3.63) is 12.4 Å². The summed E-state index contributed by atoms with van der Waals surface area (Å²) in [5.41, 5.74) is 0. The summed E-state index contributed by atoms with van der Waals surface area (Å²) in [6.45, 7) is 6.39. The minimum absolute atomic E-state index is 0.193. The summed E-state index contributed by atoms with van der Waals surface area (Å²) < 4.78 is 0. The maximum Gasteiger partial charge on any atom is 0.134 e. The third kappa shape index (κ3) is 3.10. The van der Waals surface area contributed by atoms with Crippen molar-refractivity contribution in [1.29, 1.82) is 0 Å². The molecule has 0 radical (unpaired) electrons. The molecule has 0 aliphatic carbocycles. The van der Waals surface area contributed by atoms with Crippen molar-refractivity contribution in [2.45, 2.75) is 32.7 Å². The average Bonchev–Trinajstić information content (AvgIpc) is 2.85. The highest BCUT2D eigenvalue weighted by Crippen LogP contribution is 2.24. The fourth-order valence-electron chi connectivity index (χ4n) is 2.24. The molecule has 0 unspecified atom stereocenters. The van der Waals surface area contributed by atoms with Crippen LogP contribution in [0, 0.1) is 5.92 Å². The van der Waals surface area contributed by atoms with Crippen LogP contribution in [0.1, 0.15) is 26.7 Å². The van der Waals surface area contributed by atoms with E-state index in [1.54, 1.807) is 6.33 Å². The molecule has 5 nitrogen and oxygen atoms in total. The molecular weight excluding hydrogens is 228 g/mol. The van der Waals surface area contributed by atoms with Crippen molar-refractivity contribution in [2.75, 3.05) is 29.9 Å². The minimum atomic E-state index is 0.193. The van der Waals surface area contributed by atoms with Gasteiger partial charge in [0.15, 0.2) is 0 Å². The Bertz CT molecular complexity index is 383. The third-order valence-electron chi connectivity index (χ3n) is 3.23. The Kier molecular flexibility index (Phi) is 4.36. The lowest BCUT2D eigenvalue weighted by Crippen LogP contribution is -2.32. The van der Waals surface area contributed by atoms with Gasteiger partial charge in [-0.05, 0) is 18.8 Å². The zero-order chi connectivity index (χ0) is 13.0. The van der Waals surface area contributed by atoms with E-state index >= 15 is 0 Å². The Morgan fingerprint density at radius 1 is 1.50 bits per heavy atom. The van der Waals surface area contributed by atoms with Crippen molar-refractivity contribution in [3.8, 4) is 0 Å². The van der Waals surface area contributed by atoms with Gasteiger partial charge in [0.2, 0.25) is 0 Å². The SMILES string of the molecule is CC(C)CNc1cc(N2CCC[C@H]2CO)ncn1. The van der Waals surface area contributed by atoms with Gasteiger partial charge in [0.25, 0.3) is 0 Å². The van der Waals surface area contributed by atoms with Crippen LogP contribution in [-0.2, 0) is 0 Å². The number of anilines is 2. The fourth-order valence-corrected chi connectivity index (χ4v) is 2.24. The molecular formula is C13H22N4O. The molecule has 1 saturated heterocycles. The molecule has 1 fully saturated rings. The Morgan fingerprint density at radius 2 is 2.33 bits per heavy atom. The average molecular weight is 250 g/mol. The van der Waals surface area contributed by atoms with Crippen LogP contribution in [0.2, 0.25) is 0 Å². The summed E-state index contributed by atoms with van der Waals surface area (Å²) >= 11 is 0. The van der Waals surface area contributed by atoms with E-state index in [1.807, 2.05) is 6.07 Å². The van der Waals surface area contributed by atoms with Gasteiger partial charge in [-0.1, -0.05) is 13.8 Å². The molecule has 100 valence electrons. The molecule has 1 aromatic heterocycles. The van der Waals surface area contributed by atoms with Crippen LogP contribution in [0.3, 0.4) is 0 Å². The van der Waals surface area contributed by atoms with Crippen LogP contribution in [0.4, 0.5) is 11.6 Å². The summed E-state index contributed by atoms with van der Waals surface area (Å²) in [5, 5.41) is 12.6. The van der Waals surface area contributed by atoms with Gasteiger partial charge in [-0.15, -0.1) is 0 Å². The smallest absolute Gasteiger partial charge is 0.134 e. The summed E-state index contributed by atoms with van der Waals surface area (Å²) in [6, 6.07) is 2.17. The normalized spacial score (nSPS) is 19.6. The van der Waals surface area contributed by atoms with Gasteiger partial charge in [0.05, 0.1) is 12.6 Å². The number of aliphatic hydroxyl groups is 1. The summed E-state index contributed by atoms with van der Waals surface area (Å²) in [5.74, 6) is 2.35. The van der Waals surface area contributed by atoms with Crippen LogP contribution in [0.15, 0.2) is 12.4 Å². The van der Waals surface area contributed by atoms with E-state index < -0.39 is 0 Å². The number of nitrogens with zero attached hydrogens (tertiary/aromatic N) is 3. The van der Waals surface area contributed by atoms with Crippen molar-refractivity contribution in [2.24, 2.45) is 5.92 Å². The molecule has 0 saturated carbocycles. The highest BCUT2D eigenvalue weighted by atomic mass is 16.3. The van der Waals surface area contributed by atoms with Gasteiger partial charge in [0, 0.05) is 19.2 Å². The zero-order valence-electron chi connectivity index (χ0n) is 11.1. The second-order valence-corrected chi connectivity index (χ2v) is 5.21. The van der Waals surface area contributed by atoms with E-state index in [0.717, 1.165) is 37.6 Å². The molecule has 1 aliphatic rings. The molecule has 0 bridgehead atoms. The van der Waals surface area contributed by atoms with Gasteiger partial charge in [-0.3, -0.25) is 0 Å². The minimum Gasteiger partial charge on any atom is -0.394 e. The summed E-state index contributed by atoms with van der Waals surface area (Å²) in [7, 11) is 0. The molecule has 5 heteroatoms. The highest BCUT2D eigenvalue weighted by molar-refractivity contribution is 5.49. The molecule has 0 spiro atoms. The zero-order valence-corrected chi connectivity index (χ0v) is 11.1. The lowest BCUT2D eigenvalue weighted by atomic mass is 10.2. The van der Waals surface area contributed by atoms with Gasteiger partial charge in [-0.2, -0.15) is 0 Å². The second kappa shape index (κ2) is 6.00. The Morgan fingerprint density at radius 3 is 3.06 bits per heavy atom. The van der Waals surface area contributed by atoms with Crippen LogP contribution in [0.5, 0.6) is 0 Å². The number of aliphatic hydroxyl groups excluding tert-OH is 1. The topological polar surface area (TPSA) is 61.3 Å². The first kappa shape index (κ1) is 13.1. The van der Waals surface area contributed by atoms with Crippen molar-refractivity contribution < 1.29 is 5.11 Å². The monoisotopic (exact) mass is 250 g/mol. The Labute approximate surface area is 108 Å². The molecule has 0 amide bonds. The van der Waals surface area contributed by atoms with Gasteiger partial charge < -0.3 is 15.3 Å². The number of nitrogens with one attached hydrogen (secondary N) is 1. The molecule has 2 rings (SSSR count). The Hall–Kier alpha value is -1.36. The Balaban J connectivity index is 2.06. The molecule has 1 atom stereocenters. The molecule has 1 aromatic rings. The second-order valence-electron chi connectivity index (χ2n) is 5.21. The number of hydrogen-bond donors (Lipinski definition) is 2. The molecule has 2 N–H and O–H groups in total. The largest absolute Gasteiger partial charge is 0.394 e. The first-order valence-corrected chi connectivity index (χ1v) is 6.64. The lowest BCUT2D eigenvalue weighted by Gasteiger charge is -2.24. The standard InChI is InChI=1S/C13H22N4O/c1-10(2)7-14-12-6-13(16-9-15-12)17-5-3-4-11(17)8-18/h6,9-11,18H,3-5,7-8H2,1-2H3,(H,14,15,16)/t11-/m0/s1. The van der Waals surface area contributed by atoms with Gasteiger partial charge in [0.1, 0.15) is 18.0 Å². The lowest BCUT2D eigenvalue weighted by molar-refractivity contribution is 0.266. The van der Waals surface area contributed by atoms with Crippen LogP contribution in [-0.4, -0.2) is 40.8 Å². The van der Waals surface area contributed by atoms with Crippen LogP contribution < -0.4 is 10.2 Å². The first-order valence-electron chi connectivity index (χ1n) is 6.64. The number of hydrogen-bond acceptors (Lipinski definition) is 5. The predicted molar refractivity (Wildman–Crippen MR) is 72.8 cm³/mol. The molecule has 18 heavy (non-hydrogen) atoms. The van der Waals surface area contributed by atoms with E-state index in [0.29, 0.717) is 5.92 Å². The van der Waals surface area contributed by atoms with Crippen LogP contribution in [0.25, 0.3) is 0 Å². The quantitative estimate of drug-likeness (QED) is 0.829. The van der Waals surface area contributed by atoms with E-state index in [-0.39, 0.29) is 12.6 Å². The van der Waals surface area contributed by atoms with E-state index in [1.165, 1.54) is 0 Å². The van der Waals surface area contributed by atoms with Crippen molar-refractivity contribution in [3.63, 3.8) is 0 Å². The summed E-state index contributed by atoms with van der Waals surface area (Å²) in [4.78, 5) is 10.7. The summed E-state index contributed by atoms with van der Waals surface area (Å²) in [6.07, 6.45) is 3.74. The van der Waals surface area contributed by atoms with Crippen molar-refractivity contribution in [1.82, 2.24) is 9.97 Å². The van der Waals surface area contributed by atoms with Gasteiger partial charge in [-0.25, -0.2) is 9.97 Å². The maximum absolute atomic E-state index is 9.34. The number of rotatable bonds is 5. The van der Waals surface area contributed by atoms with E-state index in [2.05, 4.69) is 34.0 Å². The van der Waals surface area contributed by atoms with Crippen LogP contribution >= 0.6 is 0 Å². The van der Waals surface area contributed by atoms with E-state index in [4.69, 9.17) is 0 Å². The highest BCUT2D eigenvalue weighted by Gasteiger charge is 2.24. The fraction of sp³-hybridized carbons (Fsp3) is 0.692. The third-order valence-corrected chi connectivity index (χ3v) is 3.23. The molecule has 1 aliphatic heterocycles. The predicted octanol–water partition coefficient (Wildman–Crippen LogP) is 1.51. The number of aromatic nitrogens is 2. The first-order chi connectivity index (χ1) is 8.70. The molecule has 0 aromatic carbocycles.